The molecule has 2 aromatic carbocycles. The minimum absolute atomic E-state index is 0.00644. The third-order valence-corrected chi connectivity index (χ3v) is 7.29. The van der Waals surface area contributed by atoms with E-state index in [0.29, 0.717) is 49.8 Å². The van der Waals surface area contributed by atoms with Crippen molar-refractivity contribution in [3.8, 4) is 0 Å². The summed E-state index contributed by atoms with van der Waals surface area (Å²) in [5.74, 6) is -2.86. The van der Waals surface area contributed by atoms with Gasteiger partial charge in [0.15, 0.2) is 5.78 Å². The normalized spacial score (nSPS) is 16.1. The van der Waals surface area contributed by atoms with Crippen molar-refractivity contribution in [2.75, 3.05) is 26.9 Å². The van der Waals surface area contributed by atoms with Gasteiger partial charge < -0.3 is 14.0 Å². The minimum Gasteiger partial charge on any atom is -0.383 e. The average molecular weight is 490 g/mol. The van der Waals surface area contributed by atoms with Crippen molar-refractivity contribution >= 4 is 28.3 Å². The lowest BCUT2D eigenvalue weighted by Crippen LogP contribution is -2.34. The fraction of sp³-hybridized carbons (Fsp3) is 0.444. The Hall–Kier alpha value is -2.28. The van der Waals surface area contributed by atoms with E-state index in [1.807, 2.05) is 22.9 Å². The minimum atomic E-state index is -2.88. The van der Waals surface area contributed by atoms with E-state index in [1.165, 1.54) is 12.1 Å². The lowest BCUT2D eigenvalue weighted by atomic mass is 9.70. The van der Waals surface area contributed by atoms with Crippen LogP contribution in [0.5, 0.6) is 0 Å². The smallest absolute Gasteiger partial charge is 0.270 e. The number of hydrogen-bond acceptors (Lipinski definition) is 3. The van der Waals surface area contributed by atoms with Crippen LogP contribution in [0.3, 0.4) is 0 Å². The molecule has 0 amide bonds. The molecule has 1 aliphatic heterocycles. The van der Waals surface area contributed by atoms with Gasteiger partial charge in [0.2, 0.25) is 0 Å². The molecule has 0 atom stereocenters. The molecule has 0 aliphatic carbocycles. The second-order valence-electron chi connectivity index (χ2n) is 9.14. The Balaban J connectivity index is 1.60. The zero-order chi connectivity index (χ0) is 24.3. The summed E-state index contributed by atoms with van der Waals surface area (Å²) in [6, 6.07) is 12.2. The standard InChI is InChI=1S/C27H30ClF2NO3/c1-26(29,30)19-6-8-20(9-7-19)27(12-15-34-16-13-27)11-10-24(32)21-18-31(14-17-33-2)23-5-3-4-22(28)25(21)23/h3-9,18H,10-17H2,1-2H3. The van der Waals surface area contributed by atoms with Gasteiger partial charge in [-0.2, -0.15) is 0 Å². The molecule has 0 saturated carbocycles. The zero-order valence-corrected chi connectivity index (χ0v) is 20.3. The molecule has 4 rings (SSSR count). The van der Waals surface area contributed by atoms with Crippen LogP contribution in [0.25, 0.3) is 10.9 Å². The van der Waals surface area contributed by atoms with Crippen LogP contribution in [-0.4, -0.2) is 37.3 Å². The number of ketones is 1. The highest BCUT2D eigenvalue weighted by Crippen LogP contribution is 2.41. The van der Waals surface area contributed by atoms with E-state index in [0.717, 1.165) is 36.2 Å². The summed E-state index contributed by atoms with van der Waals surface area (Å²) in [6.45, 7) is 3.22. The number of halogens is 3. The van der Waals surface area contributed by atoms with E-state index in [2.05, 4.69) is 0 Å². The SMILES string of the molecule is COCCn1cc(C(=O)CCC2(c3ccc(C(C)(F)F)cc3)CCOCC2)c2c(Cl)cccc21. The maximum atomic E-state index is 13.7. The number of ether oxygens (including phenoxy) is 2. The van der Waals surface area contributed by atoms with Gasteiger partial charge in [-0.15, -0.1) is 0 Å². The van der Waals surface area contributed by atoms with Gasteiger partial charge in [0.25, 0.3) is 5.92 Å². The Labute approximate surface area is 203 Å². The number of benzene rings is 2. The van der Waals surface area contributed by atoms with Gasteiger partial charge in [0.1, 0.15) is 0 Å². The Bertz CT molecular complexity index is 1150. The number of aromatic nitrogens is 1. The van der Waals surface area contributed by atoms with Crippen LogP contribution in [0.1, 0.15) is 54.1 Å². The van der Waals surface area contributed by atoms with Gasteiger partial charge in [-0.3, -0.25) is 4.79 Å². The molecule has 4 nitrogen and oxygen atoms in total. The Morgan fingerprint density at radius 2 is 1.88 bits per heavy atom. The predicted molar refractivity (Wildman–Crippen MR) is 130 cm³/mol. The highest BCUT2D eigenvalue weighted by atomic mass is 35.5. The molecule has 0 spiro atoms. The number of Topliss-reactive ketones (excluding diaryl/α,β-unsaturated/α-hetero) is 1. The van der Waals surface area contributed by atoms with Crippen molar-refractivity contribution in [3.63, 3.8) is 0 Å². The lowest BCUT2D eigenvalue weighted by Gasteiger charge is -2.38. The zero-order valence-electron chi connectivity index (χ0n) is 19.6. The third-order valence-electron chi connectivity index (χ3n) is 6.98. The molecule has 1 aromatic heterocycles. The number of methoxy groups -OCH3 is 1. The van der Waals surface area contributed by atoms with Crippen molar-refractivity contribution in [1.82, 2.24) is 4.57 Å². The predicted octanol–water partition coefficient (Wildman–Crippen LogP) is 6.76. The summed E-state index contributed by atoms with van der Waals surface area (Å²) in [5, 5.41) is 1.31. The molecule has 0 N–H and O–H groups in total. The largest absolute Gasteiger partial charge is 0.383 e. The first-order valence-corrected chi connectivity index (χ1v) is 12.0. The summed E-state index contributed by atoms with van der Waals surface area (Å²) in [4.78, 5) is 13.5. The van der Waals surface area contributed by atoms with Gasteiger partial charge in [-0.1, -0.05) is 41.9 Å². The lowest BCUT2D eigenvalue weighted by molar-refractivity contribution is 0.0173. The molecule has 0 bridgehead atoms. The molecule has 1 fully saturated rings. The molecule has 0 unspecified atom stereocenters. The van der Waals surface area contributed by atoms with Gasteiger partial charge in [0.05, 0.1) is 17.1 Å². The van der Waals surface area contributed by atoms with Crippen molar-refractivity contribution in [1.29, 1.82) is 0 Å². The Morgan fingerprint density at radius 1 is 1.18 bits per heavy atom. The second-order valence-corrected chi connectivity index (χ2v) is 9.55. The van der Waals surface area contributed by atoms with Gasteiger partial charge >= 0.3 is 0 Å². The maximum absolute atomic E-state index is 13.7. The van der Waals surface area contributed by atoms with Gasteiger partial charge in [-0.05, 0) is 37.0 Å². The number of hydrogen-bond donors (Lipinski definition) is 0. The number of rotatable bonds is 9. The monoisotopic (exact) mass is 489 g/mol. The van der Waals surface area contributed by atoms with Crippen molar-refractivity contribution in [2.45, 2.75) is 50.5 Å². The molecular weight excluding hydrogens is 460 g/mol. The first-order valence-electron chi connectivity index (χ1n) is 11.6. The Morgan fingerprint density at radius 3 is 2.53 bits per heavy atom. The summed E-state index contributed by atoms with van der Waals surface area (Å²) >= 11 is 6.50. The third kappa shape index (κ3) is 5.04. The van der Waals surface area contributed by atoms with Crippen LogP contribution in [-0.2, 0) is 27.4 Å². The number of fused-ring (bicyclic) bond motifs is 1. The van der Waals surface area contributed by atoms with Crippen LogP contribution in [0.4, 0.5) is 8.78 Å². The highest BCUT2D eigenvalue weighted by Gasteiger charge is 2.36. The van der Waals surface area contributed by atoms with Crippen molar-refractivity contribution in [3.05, 3.63) is 70.4 Å². The molecule has 1 aliphatic rings. The van der Waals surface area contributed by atoms with Crippen LogP contribution in [0.15, 0.2) is 48.7 Å². The van der Waals surface area contributed by atoms with Crippen LogP contribution < -0.4 is 0 Å². The number of carbonyl (C=O) groups excluding carboxylic acids is 1. The molecule has 2 heterocycles. The van der Waals surface area contributed by atoms with E-state index >= 15 is 0 Å². The fourth-order valence-corrected chi connectivity index (χ4v) is 5.22. The molecular formula is C27H30ClF2NO3. The van der Waals surface area contributed by atoms with Crippen LogP contribution in [0.2, 0.25) is 5.02 Å². The molecule has 0 radical (unpaired) electrons. The average Bonchev–Trinajstić information content (AvgIpc) is 3.21. The number of nitrogens with zero attached hydrogens (tertiary/aromatic N) is 1. The number of carbonyl (C=O) groups is 1. The van der Waals surface area contributed by atoms with E-state index in [4.69, 9.17) is 21.1 Å². The number of alkyl halides is 2. The van der Waals surface area contributed by atoms with Crippen LogP contribution >= 0.6 is 11.6 Å². The van der Waals surface area contributed by atoms with Crippen LogP contribution in [0, 0.1) is 0 Å². The highest BCUT2D eigenvalue weighted by molar-refractivity contribution is 6.37. The fourth-order valence-electron chi connectivity index (χ4n) is 4.94. The topological polar surface area (TPSA) is 40.5 Å². The summed E-state index contributed by atoms with van der Waals surface area (Å²) in [7, 11) is 1.65. The Kier molecular flexibility index (Phi) is 7.41. The summed E-state index contributed by atoms with van der Waals surface area (Å²) in [5.41, 5.74) is 2.21. The van der Waals surface area contributed by atoms with E-state index in [-0.39, 0.29) is 16.8 Å². The molecule has 1 saturated heterocycles. The maximum Gasteiger partial charge on any atom is 0.270 e. The summed E-state index contributed by atoms with van der Waals surface area (Å²) in [6.07, 6.45) is 4.32. The first-order chi connectivity index (χ1) is 16.2. The first kappa shape index (κ1) is 24.8. The quantitative estimate of drug-likeness (QED) is 0.312. The van der Waals surface area contributed by atoms with Gasteiger partial charge in [0, 0.05) is 68.3 Å². The molecule has 3 aromatic rings. The van der Waals surface area contributed by atoms with E-state index in [1.54, 1.807) is 25.3 Å². The van der Waals surface area contributed by atoms with E-state index in [9.17, 15) is 13.6 Å². The molecule has 182 valence electrons. The molecule has 7 heteroatoms. The van der Waals surface area contributed by atoms with E-state index < -0.39 is 5.92 Å². The second kappa shape index (κ2) is 10.1. The summed E-state index contributed by atoms with van der Waals surface area (Å²) < 4.78 is 40.3. The molecule has 34 heavy (non-hydrogen) atoms. The van der Waals surface area contributed by atoms with Crippen molar-refractivity contribution in [2.24, 2.45) is 0 Å². The van der Waals surface area contributed by atoms with Crippen molar-refractivity contribution < 1.29 is 23.0 Å². The van der Waals surface area contributed by atoms with Gasteiger partial charge in [-0.25, -0.2) is 8.78 Å².